The number of hydrogen-bond donors (Lipinski definition) is 2. The van der Waals surface area contributed by atoms with Gasteiger partial charge in [0.05, 0.1) is 0 Å². The van der Waals surface area contributed by atoms with E-state index in [-0.39, 0.29) is 5.91 Å². The largest absolute Gasteiger partial charge is 0.368 e. The fraction of sp³-hybridized carbons (Fsp3) is 0.929. The number of hydrogen-bond acceptors (Lipinski definition) is 3. The molecule has 1 saturated heterocycles. The summed E-state index contributed by atoms with van der Waals surface area (Å²) in [6.45, 7) is 2.92. The van der Waals surface area contributed by atoms with Gasteiger partial charge in [0.15, 0.2) is 0 Å². The van der Waals surface area contributed by atoms with Gasteiger partial charge in [-0.15, -0.1) is 0 Å². The molecule has 2 fully saturated rings. The summed E-state index contributed by atoms with van der Waals surface area (Å²) in [6.07, 6.45) is 8.43. The van der Waals surface area contributed by atoms with Crippen LogP contribution in [0.5, 0.6) is 0 Å². The number of likely N-dealkylation sites (tertiary alicyclic amines) is 1. The number of carbonyl (C=O) groups excluding carboxylic acids is 1. The third-order valence-electron chi connectivity index (χ3n) is 4.72. The summed E-state index contributed by atoms with van der Waals surface area (Å²) in [5, 5.41) is 3.62. The van der Waals surface area contributed by atoms with Crippen LogP contribution in [0, 0.1) is 0 Å². The smallest absolute Gasteiger partial charge is 0.239 e. The highest BCUT2D eigenvalue weighted by molar-refractivity contribution is 5.85. The molecule has 1 aliphatic heterocycles. The quantitative estimate of drug-likeness (QED) is 0.744. The molecular weight excluding hydrogens is 226 g/mol. The van der Waals surface area contributed by atoms with Gasteiger partial charge in [-0.2, -0.15) is 0 Å². The van der Waals surface area contributed by atoms with Crippen LogP contribution in [0.25, 0.3) is 0 Å². The first-order chi connectivity index (χ1) is 8.53. The summed E-state index contributed by atoms with van der Waals surface area (Å²) in [5.41, 5.74) is 5.19. The van der Waals surface area contributed by atoms with Gasteiger partial charge in [0.25, 0.3) is 0 Å². The summed E-state index contributed by atoms with van der Waals surface area (Å²) in [5.74, 6) is -0.178. The second kappa shape index (κ2) is 5.57. The van der Waals surface area contributed by atoms with Gasteiger partial charge in [0, 0.05) is 18.6 Å². The molecule has 0 spiro atoms. The van der Waals surface area contributed by atoms with Crippen LogP contribution in [0.2, 0.25) is 0 Å². The number of nitrogens with one attached hydrogen (secondary N) is 1. The first kappa shape index (κ1) is 13.8. The van der Waals surface area contributed by atoms with E-state index in [0.29, 0.717) is 12.1 Å². The molecule has 1 saturated carbocycles. The molecule has 2 rings (SSSR count). The average Bonchev–Trinajstić information content (AvgIpc) is 2.52. The minimum Gasteiger partial charge on any atom is -0.368 e. The summed E-state index contributed by atoms with van der Waals surface area (Å²) < 4.78 is 0. The van der Waals surface area contributed by atoms with Crippen LogP contribution >= 0.6 is 0 Å². The Labute approximate surface area is 110 Å². The number of nitrogens with two attached hydrogens (primary N) is 1. The maximum absolute atomic E-state index is 11.9. The van der Waals surface area contributed by atoms with Crippen LogP contribution in [-0.4, -0.2) is 42.0 Å². The van der Waals surface area contributed by atoms with Gasteiger partial charge in [-0.3, -0.25) is 10.1 Å². The minimum absolute atomic E-state index is 0.178. The molecule has 1 heterocycles. The molecule has 2 atom stereocenters. The van der Waals surface area contributed by atoms with Crippen LogP contribution < -0.4 is 11.1 Å². The zero-order valence-electron chi connectivity index (χ0n) is 11.7. The molecule has 0 aromatic heterocycles. The van der Waals surface area contributed by atoms with Crippen LogP contribution in [0.3, 0.4) is 0 Å². The molecule has 4 heteroatoms. The van der Waals surface area contributed by atoms with Crippen molar-refractivity contribution in [1.29, 1.82) is 0 Å². The van der Waals surface area contributed by atoms with E-state index in [1.54, 1.807) is 0 Å². The SMILES string of the molecule is CC1CC(NC2CCCCCC2)(C(N)=O)CN1C. The topological polar surface area (TPSA) is 58.4 Å². The number of nitrogens with zero attached hydrogens (tertiary/aromatic N) is 1. The van der Waals surface area contributed by atoms with Crippen molar-refractivity contribution in [3.63, 3.8) is 0 Å². The Hall–Kier alpha value is -0.610. The van der Waals surface area contributed by atoms with E-state index in [9.17, 15) is 4.79 Å². The number of carbonyl (C=O) groups is 1. The zero-order chi connectivity index (χ0) is 13.2. The Balaban J connectivity index is 2.04. The molecule has 18 heavy (non-hydrogen) atoms. The van der Waals surface area contributed by atoms with Crippen molar-refractivity contribution in [3.05, 3.63) is 0 Å². The summed E-state index contributed by atoms with van der Waals surface area (Å²) in [4.78, 5) is 14.1. The molecule has 2 aliphatic rings. The van der Waals surface area contributed by atoms with Crippen molar-refractivity contribution in [3.8, 4) is 0 Å². The van der Waals surface area contributed by atoms with Crippen molar-refractivity contribution in [1.82, 2.24) is 10.2 Å². The number of rotatable bonds is 3. The fourth-order valence-corrected chi connectivity index (χ4v) is 3.47. The molecule has 0 aromatic rings. The highest BCUT2D eigenvalue weighted by Crippen LogP contribution is 2.28. The second-order valence-electron chi connectivity index (χ2n) is 6.25. The maximum atomic E-state index is 11.9. The van der Waals surface area contributed by atoms with Crippen molar-refractivity contribution in [2.24, 2.45) is 5.73 Å². The molecule has 1 amide bonds. The van der Waals surface area contributed by atoms with Gasteiger partial charge < -0.3 is 10.6 Å². The first-order valence-corrected chi connectivity index (χ1v) is 7.31. The van der Waals surface area contributed by atoms with Gasteiger partial charge in [-0.05, 0) is 33.2 Å². The predicted molar refractivity (Wildman–Crippen MR) is 73.3 cm³/mol. The third-order valence-corrected chi connectivity index (χ3v) is 4.72. The van der Waals surface area contributed by atoms with Crippen LogP contribution in [-0.2, 0) is 4.79 Å². The lowest BCUT2D eigenvalue weighted by Gasteiger charge is -2.32. The lowest BCUT2D eigenvalue weighted by molar-refractivity contribution is -0.124. The van der Waals surface area contributed by atoms with Gasteiger partial charge in [0.1, 0.15) is 5.54 Å². The first-order valence-electron chi connectivity index (χ1n) is 7.31. The molecule has 0 bridgehead atoms. The van der Waals surface area contributed by atoms with Crippen LogP contribution in [0.1, 0.15) is 51.9 Å². The monoisotopic (exact) mass is 253 g/mol. The number of primary amides is 1. The normalized spacial score (nSPS) is 35.6. The van der Waals surface area contributed by atoms with Crippen molar-refractivity contribution in [2.45, 2.75) is 69.5 Å². The van der Waals surface area contributed by atoms with E-state index < -0.39 is 5.54 Å². The van der Waals surface area contributed by atoms with E-state index >= 15 is 0 Å². The summed E-state index contributed by atoms with van der Waals surface area (Å²) >= 11 is 0. The Morgan fingerprint density at radius 2 is 1.89 bits per heavy atom. The Morgan fingerprint density at radius 3 is 2.33 bits per heavy atom. The molecule has 1 aliphatic carbocycles. The molecular formula is C14H27N3O. The fourth-order valence-electron chi connectivity index (χ4n) is 3.47. The zero-order valence-corrected chi connectivity index (χ0v) is 11.7. The van der Waals surface area contributed by atoms with Gasteiger partial charge in [0.2, 0.25) is 5.91 Å². The van der Waals surface area contributed by atoms with Crippen LogP contribution in [0.15, 0.2) is 0 Å². The lowest BCUT2D eigenvalue weighted by Crippen LogP contribution is -2.60. The maximum Gasteiger partial charge on any atom is 0.239 e. The summed E-state index contributed by atoms with van der Waals surface area (Å²) in [7, 11) is 2.07. The van der Waals surface area contributed by atoms with Crippen molar-refractivity contribution in [2.75, 3.05) is 13.6 Å². The van der Waals surface area contributed by atoms with Gasteiger partial charge in [-0.1, -0.05) is 25.7 Å². The Morgan fingerprint density at radius 1 is 1.28 bits per heavy atom. The molecule has 0 aromatic carbocycles. The van der Waals surface area contributed by atoms with Gasteiger partial charge >= 0.3 is 0 Å². The van der Waals surface area contributed by atoms with E-state index in [4.69, 9.17) is 5.73 Å². The van der Waals surface area contributed by atoms with Gasteiger partial charge in [-0.25, -0.2) is 0 Å². The molecule has 104 valence electrons. The predicted octanol–water partition coefficient (Wildman–Crippen LogP) is 1.25. The molecule has 3 N–H and O–H groups in total. The Kier molecular flexibility index (Phi) is 4.28. The van der Waals surface area contributed by atoms with E-state index in [1.807, 2.05) is 0 Å². The summed E-state index contributed by atoms with van der Waals surface area (Å²) in [6, 6.07) is 0.898. The highest BCUT2D eigenvalue weighted by atomic mass is 16.1. The van der Waals surface area contributed by atoms with Crippen molar-refractivity contribution >= 4 is 5.91 Å². The van der Waals surface area contributed by atoms with E-state index in [1.165, 1.54) is 38.5 Å². The third kappa shape index (κ3) is 2.86. The minimum atomic E-state index is -0.497. The molecule has 0 radical (unpaired) electrons. The highest BCUT2D eigenvalue weighted by Gasteiger charge is 2.46. The molecule has 4 nitrogen and oxygen atoms in total. The van der Waals surface area contributed by atoms with E-state index in [0.717, 1.165) is 13.0 Å². The standard InChI is InChI=1S/C14H27N3O/c1-11-9-14(13(15)18,10-17(11)2)16-12-7-5-3-4-6-8-12/h11-12,16H,3-10H2,1-2H3,(H2,15,18). The lowest BCUT2D eigenvalue weighted by atomic mass is 9.92. The molecule has 2 unspecified atom stereocenters. The average molecular weight is 253 g/mol. The second-order valence-corrected chi connectivity index (χ2v) is 6.25. The van der Waals surface area contributed by atoms with E-state index in [2.05, 4.69) is 24.2 Å². The Bertz CT molecular complexity index is 287. The number of likely N-dealkylation sites (N-methyl/N-ethyl adjacent to an activating group) is 1. The van der Waals surface area contributed by atoms with Crippen molar-refractivity contribution < 1.29 is 4.79 Å². The number of amides is 1. The van der Waals surface area contributed by atoms with Crippen LogP contribution in [0.4, 0.5) is 0 Å².